The standard InChI is InChI=1S/C24H24ClF3N6OS/c1-13(2)30-9-16-6-17(8-18(22(16)25)24(26,27)28)31-23(35)15-5-4-14(3)20(7-15)34-11-19(32-33-34)21-10-29-12-36-21/h4-8,10-13,30,32-33H,9H2,1-3H3,(H,31,35). The number of benzene rings is 2. The monoisotopic (exact) mass is 536 g/mol. The van der Waals surface area contributed by atoms with Gasteiger partial charge in [-0.05, 0) is 42.3 Å². The molecule has 0 aliphatic carbocycles. The molecule has 36 heavy (non-hydrogen) atoms. The van der Waals surface area contributed by atoms with Crippen LogP contribution >= 0.6 is 22.9 Å². The summed E-state index contributed by atoms with van der Waals surface area (Å²) in [5, 5.41) is 6.99. The maximum absolute atomic E-state index is 13.6. The maximum Gasteiger partial charge on any atom is 0.417 e. The van der Waals surface area contributed by atoms with Crippen molar-refractivity contribution in [2.45, 2.75) is 39.5 Å². The van der Waals surface area contributed by atoms with Crippen molar-refractivity contribution in [3.05, 3.63) is 80.4 Å². The molecule has 1 amide bonds. The van der Waals surface area contributed by atoms with Crippen LogP contribution < -0.4 is 26.6 Å². The number of halogens is 4. The molecule has 7 nitrogen and oxygen atoms in total. The van der Waals surface area contributed by atoms with Gasteiger partial charge in [0, 0.05) is 36.2 Å². The third-order valence-corrected chi connectivity index (χ3v) is 6.66. The van der Waals surface area contributed by atoms with Crippen LogP contribution in [0.2, 0.25) is 5.02 Å². The zero-order valence-electron chi connectivity index (χ0n) is 19.6. The number of thiazole rings is 1. The van der Waals surface area contributed by atoms with Crippen molar-refractivity contribution in [3.8, 4) is 0 Å². The van der Waals surface area contributed by atoms with Crippen LogP contribution in [0.5, 0.6) is 0 Å². The summed E-state index contributed by atoms with van der Waals surface area (Å²) in [7, 11) is 0. The van der Waals surface area contributed by atoms with Crippen molar-refractivity contribution in [3.63, 3.8) is 0 Å². The first-order valence-corrected chi connectivity index (χ1v) is 12.2. The molecule has 3 aromatic rings. The molecule has 0 saturated heterocycles. The van der Waals surface area contributed by atoms with E-state index < -0.39 is 17.6 Å². The fraction of sp³-hybridized carbons (Fsp3) is 0.250. The average Bonchev–Trinajstić information content (AvgIpc) is 3.50. The van der Waals surface area contributed by atoms with E-state index in [2.05, 4.69) is 26.6 Å². The number of carbonyl (C=O) groups is 1. The summed E-state index contributed by atoms with van der Waals surface area (Å²) in [6.45, 7) is 5.76. The fourth-order valence-corrected chi connectivity index (χ4v) is 4.41. The molecule has 190 valence electrons. The third-order valence-electron chi connectivity index (χ3n) is 5.41. The highest BCUT2D eigenvalue weighted by Gasteiger charge is 2.35. The summed E-state index contributed by atoms with van der Waals surface area (Å²) in [5.41, 5.74) is 9.73. The molecule has 4 rings (SSSR count). The number of rotatable bonds is 7. The highest BCUT2D eigenvalue weighted by atomic mass is 35.5. The Morgan fingerprint density at radius 2 is 2.03 bits per heavy atom. The molecule has 0 unspecified atom stereocenters. The number of hydrazine groups is 2. The second-order valence-electron chi connectivity index (χ2n) is 8.50. The number of aromatic nitrogens is 1. The van der Waals surface area contributed by atoms with Crippen molar-refractivity contribution in [2.24, 2.45) is 0 Å². The first-order valence-electron chi connectivity index (χ1n) is 11.0. The quantitative estimate of drug-likeness (QED) is 0.310. The van der Waals surface area contributed by atoms with E-state index >= 15 is 0 Å². The van der Waals surface area contributed by atoms with E-state index in [1.807, 2.05) is 27.0 Å². The lowest BCUT2D eigenvalue weighted by Gasteiger charge is -2.19. The number of hydrogen-bond acceptors (Lipinski definition) is 7. The van der Waals surface area contributed by atoms with Crippen molar-refractivity contribution in [1.82, 2.24) is 21.3 Å². The fourth-order valence-electron chi connectivity index (χ4n) is 3.54. The minimum atomic E-state index is -4.67. The number of nitrogens with one attached hydrogen (secondary N) is 4. The number of hydrogen-bond donors (Lipinski definition) is 4. The average molecular weight is 537 g/mol. The predicted molar refractivity (Wildman–Crippen MR) is 136 cm³/mol. The van der Waals surface area contributed by atoms with E-state index in [-0.39, 0.29) is 34.4 Å². The van der Waals surface area contributed by atoms with Gasteiger partial charge in [0.15, 0.2) is 0 Å². The highest BCUT2D eigenvalue weighted by Crippen LogP contribution is 2.38. The van der Waals surface area contributed by atoms with Crippen LogP contribution in [-0.4, -0.2) is 16.9 Å². The van der Waals surface area contributed by atoms with Gasteiger partial charge in [0.25, 0.3) is 5.91 Å². The molecule has 0 radical (unpaired) electrons. The number of nitrogens with zero attached hydrogens (tertiary/aromatic N) is 2. The summed E-state index contributed by atoms with van der Waals surface area (Å²) in [6.07, 6.45) is -1.10. The van der Waals surface area contributed by atoms with Gasteiger partial charge in [0.05, 0.1) is 32.4 Å². The second kappa shape index (κ2) is 10.5. The number of aryl methyl sites for hydroxylation is 1. The van der Waals surface area contributed by atoms with Crippen molar-refractivity contribution in [2.75, 3.05) is 10.3 Å². The Kier molecular flexibility index (Phi) is 7.55. The molecule has 1 aromatic heterocycles. The zero-order chi connectivity index (χ0) is 26.0. The molecule has 0 fully saturated rings. The molecule has 0 saturated carbocycles. The van der Waals surface area contributed by atoms with Crippen LogP contribution in [0.4, 0.5) is 24.5 Å². The molecule has 1 aliphatic rings. The normalized spacial score (nSPS) is 13.7. The van der Waals surface area contributed by atoms with Crippen molar-refractivity contribution >= 4 is 45.9 Å². The molecule has 0 bridgehead atoms. The van der Waals surface area contributed by atoms with E-state index in [9.17, 15) is 18.0 Å². The van der Waals surface area contributed by atoms with E-state index in [0.29, 0.717) is 5.69 Å². The third kappa shape index (κ3) is 5.81. The number of alkyl halides is 3. The number of anilines is 2. The predicted octanol–water partition coefficient (Wildman–Crippen LogP) is 5.70. The molecule has 2 heterocycles. The summed E-state index contributed by atoms with van der Waals surface area (Å²) in [6, 6.07) is 7.39. The number of amides is 1. The Bertz CT molecular complexity index is 1290. The summed E-state index contributed by atoms with van der Waals surface area (Å²) in [4.78, 5) is 18.1. The van der Waals surface area contributed by atoms with Gasteiger partial charge in [-0.1, -0.05) is 31.5 Å². The summed E-state index contributed by atoms with van der Waals surface area (Å²) >= 11 is 7.54. The van der Waals surface area contributed by atoms with Crippen LogP contribution in [0.15, 0.2) is 48.2 Å². The second-order valence-corrected chi connectivity index (χ2v) is 9.77. The van der Waals surface area contributed by atoms with Gasteiger partial charge < -0.3 is 16.1 Å². The summed E-state index contributed by atoms with van der Waals surface area (Å²) in [5.74, 6) is -0.548. The highest BCUT2D eigenvalue weighted by molar-refractivity contribution is 7.10. The van der Waals surface area contributed by atoms with Gasteiger partial charge >= 0.3 is 6.18 Å². The largest absolute Gasteiger partial charge is 0.417 e. The lowest BCUT2D eigenvalue weighted by atomic mass is 10.1. The lowest BCUT2D eigenvalue weighted by Crippen LogP contribution is -2.36. The molecule has 0 spiro atoms. The Labute approximate surface area is 215 Å². The van der Waals surface area contributed by atoms with Crippen LogP contribution in [0, 0.1) is 6.92 Å². The lowest BCUT2D eigenvalue weighted by molar-refractivity contribution is -0.137. The van der Waals surface area contributed by atoms with Crippen molar-refractivity contribution < 1.29 is 18.0 Å². The van der Waals surface area contributed by atoms with Crippen LogP contribution in [-0.2, 0) is 12.7 Å². The van der Waals surface area contributed by atoms with Gasteiger partial charge in [0.1, 0.15) is 0 Å². The van der Waals surface area contributed by atoms with Crippen molar-refractivity contribution in [1.29, 1.82) is 0 Å². The molecular formula is C24H24ClF3N6OS. The SMILES string of the molecule is Cc1ccc(C(=O)Nc2cc(CNC(C)C)c(Cl)c(C(F)(F)F)c2)cc1N1C=C(c2cncs2)NN1. The Hall–Kier alpha value is -3.12. The maximum atomic E-state index is 13.6. The minimum absolute atomic E-state index is 0.00717. The number of carbonyl (C=O) groups excluding carboxylic acids is 1. The molecular weight excluding hydrogens is 513 g/mol. The Morgan fingerprint density at radius 1 is 1.25 bits per heavy atom. The molecule has 12 heteroatoms. The smallest absolute Gasteiger partial charge is 0.322 e. The molecule has 0 atom stereocenters. The zero-order valence-corrected chi connectivity index (χ0v) is 21.2. The van der Waals surface area contributed by atoms with Crippen LogP contribution in [0.1, 0.15) is 45.8 Å². The minimum Gasteiger partial charge on any atom is -0.322 e. The Morgan fingerprint density at radius 3 is 2.69 bits per heavy atom. The van der Waals surface area contributed by atoms with Gasteiger partial charge in [0.2, 0.25) is 0 Å². The molecule has 4 N–H and O–H groups in total. The molecule has 1 aliphatic heterocycles. The first-order chi connectivity index (χ1) is 17.0. The van der Waals surface area contributed by atoms with Crippen LogP contribution in [0.25, 0.3) is 5.70 Å². The molecule has 2 aromatic carbocycles. The Balaban J connectivity index is 1.60. The van der Waals surface area contributed by atoms with E-state index in [1.54, 1.807) is 34.9 Å². The topological polar surface area (TPSA) is 81.3 Å². The first kappa shape index (κ1) is 26.0. The van der Waals surface area contributed by atoms with Gasteiger partial charge in [-0.25, -0.2) is 0 Å². The van der Waals surface area contributed by atoms with Crippen LogP contribution in [0.3, 0.4) is 0 Å². The van der Waals surface area contributed by atoms with Gasteiger partial charge in [-0.15, -0.1) is 16.9 Å². The van der Waals surface area contributed by atoms with Gasteiger partial charge in [-0.2, -0.15) is 13.2 Å². The van der Waals surface area contributed by atoms with E-state index in [1.165, 1.54) is 17.4 Å². The van der Waals surface area contributed by atoms with E-state index in [4.69, 9.17) is 11.6 Å². The summed E-state index contributed by atoms with van der Waals surface area (Å²) < 4.78 is 40.9. The van der Waals surface area contributed by atoms with E-state index in [0.717, 1.165) is 22.2 Å². The van der Waals surface area contributed by atoms with Gasteiger partial charge in [-0.3, -0.25) is 14.8 Å².